The van der Waals surface area contributed by atoms with Crippen molar-refractivity contribution in [1.82, 2.24) is 49.8 Å². The number of aromatic amines is 7. The molecule has 1 amide bonds. The first kappa shape index (κ1) is 83.9. The lowest BCUT2D eigenvalue weighted by atomic mass is 9.94. The van der Waals surface area contributed by atoms with Crippen molar-refractivity contribution < 1.29 is 29.0 Å². The minimum absolute atomic E-state index is 0.0617. The number of ketones is 1. The number of halogens is 4. The van der Waals surface area contributed by atoms with E-state index in [1.165, 1.54) is 45.8 Å². The van der Waals surface area contributed by atoms with Gasteiger partial charge in [-0.3, -0.25) is 34.6 Å². The molecule has 0 aliphatic carbocycles. The van der Waals surface area contributed by atoms with E-state index < -0.39 is 27.5 Å². The van der Waals surface area contributed by atoms with Crippen molar-refractivity contribution in [2.75, 3.05) is 11.9 Å². The average molecular weight is 1960 g/mol. The number of aromatic nitrogens is 10. The SMILES string of the molecule is Brc1ccc(-c2nc3c4ccccc4c4ccccc4c3[nH]2)cc1.CC(C)(C)OC(=O)C[C@H](N)C(=O)Cc1ccc2c3ccccc3c3cc(-c4c[nH]c5ccc(Br)cc45)[nH]c3c2c1.NCC(=O)Nc1ccc2c3ccccc3c3[nH]c(-c4c[nH]c5ccc(Br)cc45)nc3c2c1.O=[N+]([O-])c1cccc(-c2nc(-c3c[nH]c4ccc(Br)cc34)[nH]c2-c2cccc([N+](=O)[O-])c2)c1. The molecule has 0 fully saturated rings. The van der Waals surface area contributed by atoms with Crippen LogP contribution in [0.15, 0.2) is 303 Å². The van der Waals surface area contributed by atoms with E-state index >= 15 is 0 Å². The van der Waals surface area contributed by atoms with E-state index in [2.05, 4.69) is 231 Å². The number of esters is 1. The molecule has 634 valence electrons. The Balaban J connectivity index is 0.000000113. The van der Waals surface area contributed by atoms with Crippen LogP contribution in [-0.4, -0.2) is 95.5 Å². The summed E-state index contributed by atoms with van der Waals surface area (Å²) in [7, 11) is 0. The summed E-state index contributed by atoms with van der Waals surface area (Å²) in [6, 6.07) is 85.7. The normalized spacial score (nSPS) is 11.9. The lowest BCUT2D eigenvalue weighted by molar-refractivity contribution is -0.385. The number of ether oxygens (including phenoxy) is 1. The third-order valence-corrected chi connectivity index (χ3v) is 24.8. The maximum absolute atomic E-state index is 13.0. The highest BCUT2D eigenvalue weighted by molar-refractivity contribution is 9.11. The third-order valence-electron chi connectivity index (χ3n) is 22.8. The van der Waals surface area contributed by atoms with Crippen molar-refractivity contribution in [3.63, 3.8) is 0 Å². The first-order valence-corrected chi connectivity index (χ1v) is 44.3. The number of rotatable bonds is 15. The average Bonchev–Trinajstić information content (AvgIpc) is 1.61. The van der Waals surface area contributed by atoms with Gasteiger partial charge in [0.05, 0.1) is 67.8 Å². The number of hydrogen-bond donors (Lipinski definition) is 10. The van der Waals surface area contributed by atoms with Crippen molar-refractivity contribution in [2.45, 2.75) is 45.3 Å². The summed E-state index contributed by atoms with van der Waals surface area (Å²) in [5.41, 5.74) is 27.4. The molecule has 22 aromatic rings. The number of hydrogen-bond acceptors (Lipinski definition) is 13. The highest BCUT2D eigenvalue weighted by atomic mass is 79.9. The Morgan fingerprint density at radius 3 is 1.46 bits per heavy atom. The third kappa shape index (κ3) is 16.7. The number of carbonyl (C=O) groups excluding carboxylic acids is 3. The number of Topliss-reactive ketones (excluding diaryl/α,β-unsaturated/α-hetero) is 1. The van der Waals surface area contributed by atoms with Crippen LogP contribution in [0.3, 0.4) is 0 Å². The number of imidazole rings is 3. The number of nitro benzene ring substituents is 2. The molecule has 0 saturated carbocycles. The van der Waals surface area contributed by atoms with E-state index in [0.717, 1.165) is 172 Å². The molecular formula is C102H75Br4N15O8. The van der Waals surface area contributed by atoms with Gasteiger partial charge < -0.3 is 56.4 Å². The van der Waals surface area contributed by atoms with Gasteiger partial charge in [0, 0.05) is 177 Å². The Morgan fingerprint density at radius 1 is 0.426 bits per heavy atom. The zero-order valence-corrected chi connectivity index (χ0v) is 75.3. The number of benzene rings is 15. The Bertz CT molecular complexity index is 8160. The van der Waals surface area contributed by atoms with Crippen molar-refractivity contribution in [2.24, 2.45) is 11.5 Å². The Labute approximate surface area is 767 Å². The van der Waals surface area contributed by atoms with Crippen LogP contribution in [0.1, 0.15) is 32.8 Å². The monoisotopic (exact) mass is 1950 g/mol. The standard InChI is InChI=1S/C33H30BrN3O3.C25H18BrN5O.C23H14BrN5O4.C21H13BrN2/c1-33(2,3)40-31(39)16-27(35)30(38)13-18-8-10-22-20-6-4-5-7-21(20)25-15-29(37-32(25)24(22)12-18)26-17-36-28-11-9-19(34)14-23(26)28;26-13-5-8-21-18(9-13)20(12-28-21)25-30-23-17-4-2-1-3-15(17)16-7-6-14(29-22(32)11-27)10-19(16)24(23)31-25;24-15-7-8-20-18(11-15)19(12-25-20)23-26-21(13-3-1-5-16(9-13)28(30)31)22(27-23)14-4-2-6-17(10-14)29(32)33;22-14-11-9-13(10-12-14)21-23-19-17-7-3-1-5-15(17)16-6-2-4-8-18(16)20(19)24-21/h4-12,14-15,17,27,36-37H,13,16,35H2,1-3H3;1-10,12,28H,11,27H2,(H,29,32)(H,30,31);1-12,25H,(H,26,27);1-12H,(H,23,24)/t27-;;;/m0.../s1. The molecule has 7 heterocycles. The molecule has 0 spiro atoms. The van der Waals surface area contributed by atoms with Crippen LogP contribution in [-0.2, 0) is 25.5 Å². The topological polar surface area (TPSA) is 360 Å². The minimum Gasteiger partial charge on any atom is -0.460 e. The molecule has 0 saturated heterocycles. The zero-order chi connectivity index (χ0) is 89.2. The number of amides is 1. The van der Waals surface area contributed by atoms with Crippen molar-refractivity contribution in [3.8, 4) is 67.9 Å². The van der Waals surface area contributed by atoms with Crippen molar-refractivity contribution in [1.29, 1.82) is 0 Å². The summed E-state index contributed by atoms with van der Waals surface area (Å²) in [6.45, 7) is 5.32. The minimum atomic E-state index is -0.916. The van der Waals surface area contributed by atoms with Gasteiger partial charge in [-0.2, -0.15) is 0 Å². The number of carbonyl (C=O) groups is 3. The van der Waals surface area contributed by atoms with E-state index in [0.29, 0.717) is 34.0 Å². The molecule has 12 N–H and O–H groups in total. The fourth-order valence-corrected chi connectivity index (χ4v) is 18.3. The molecule has 1 atom stereocenters. The fraction of sp³-hybridized carbons (Fsp3) is 0.0784. The molecule has 0 bridgehead atoms. The highest BCUT2D eigenvalue weighted by Gasteiger charge is 2.27. The lowest BCUT2D eigenvalue weighted by Crippen LogP contribution is -2.36. The largest absolute Gasteiger partial charge is 0.460 e. The first-order valence-electron chi connectivity index (χ1n) is 41.2. The Morgan fingerprint density at radius 2 is 0.884 bits per heavy atom. The number of non-ortho nitro benzene ring substituents is 2. The van der Waals surface area contributed by atoms with Crippen LogP contribution < -0.4 is 16.8 Å². The van der Waals surface area contributed by atoms with Gasteiger partial charge >= 0.3 is 5.97 Å². The molecule has 15 aromatic carbocycles. The van der Waals surface area contributed by atoms with Gasteiger partial charge in [0.2, 0.25) is 5.91 Å². The number of nitrogens with one attached hydrogen (secondary N) is 8. The second-order valence-corrected chi connectivity index (χ2v) is 36.0. The van der Waals surface area contributed by atoms with Crippen LogP contribution in [0.25, 0.3) is 198 Å². The maximum atomic E-state index is 13.0. The Hall–Kier alpha value is -14.6. The smallest absolute Gasteiger partial charge is 0.308 e. The van der Waals surface area contributed by atoms with E-state index in [1.54, 1.807) is 45.0 Å². The molecule has 0 aliphatic heterocycles. The summed E-state index contributed by atoms with van der Waals surface area (Å²) in [4.78, 5) is 97.5. The van der Waals surface area contributed by atoms with Gasteiger partial charge in [-0.15, -0.1) is 0 Å². The maximum Gasteiger partial charge on any atom is 0.308 e. The fourth-order valence-electron chi connectivity index (χ4n) is 16.9. The van der Waals surface area contributed by atoms with Crippen LogP contribution in [0.4, 0.5) is 17.1 Å². The lowest BCUT2D eigenvalue weighted by Gasteiger charge is -2.20. The molecule has 7 aromatic heterocycles. The number of fused-ring (bicyclic) bond motifs is 21. The summed E-state index contributed by atoms with van der Waals surface area (Å²) in [5, 5.41) is 43.4. The quantitative estimate of drug-likeness (QED) is 0.0198. The Kier molecular flexibility index (Phi) is 22.5. The number of H-pyrrole nitrogens is 7. The van der Waals surface area contributed by atoms with Gasteiger partial charge in [0.25, 0.3) is 11.4 Å². The molecule has 0 radical (unpaired) electrons. The zero-order valence-electron chi connectivity index (χ0n) is 69.0. The molecule has 27 heteroatoms. The predicted molar refractivity (Wildman–Crippen MR) is 531 cm³/mol. The number of nitro groups is 2. The first-order chi connectivity index (χ1) is 62.4. The van der Waals surface area contributed by atoms with Gasteiger partial charge in [0.15, 0.2) is 5.78 Å². The highest BCUT2D eigenvalue weighted by Crippen LogP contribution is 2.45. The summed E-state index contributed by atoms with van der Waals surface area (Å²) in [5.74, 6) is 1.33. The van der Waals surface area contributed by atoms with Crippen molar-refractivity contribution >= 4 is 229 Å². The molecular weight excluding hydrogens is 1880 g/mol. The summed E-state index contributed by atoms with van der Waals surface area (Å²) in [6.07, 6.45) is 5.83. The van der Waals surface area contributed by atoms with Crippen LogP contribution in [0.5, 0.6) is 0 Å². The number of anilines is 1. The summed E-state index contributed by atoms with van der Waals surface area (Å²) < 4.78 is 9.34. The van der Waals surface area contributed by atoms with E-state index in [1.807, 2.05) is 110 Å². The van der Waals surface area contributed by atoms with E-state index in [-0.39, 0.29) is 42.5 Å². The van der Waals surface area contributed by atoms with E-state index in [9.17, 15) is 34.6 Å². The van der Waals surface area contributed by atoms with Crippen LogP contribution in [0.2, 0.25) is 0 Å². The van der Waals surface area contributed by atoms with Crippen LogP contribution >= 0.6 is 63.7 Å². The molecule has 22 rings (SSSR count). The van der Waals surface area contributed by atoms with Gasteiger partial charge in [-0.25, -0.2) is 15.0 Å². The van der Waals surface area contributed by atoms with Gasteiger partial charge in [-0.05, 0) is 155 Å². The molecule has 23 nitrogen and oxygen atoms in total. The molecule has 0 unspecified atom stereocenters. The van der Waals surface area contributed by atoms with Gasteiger partial charge in [0.1, 0.15) is 23.1 Å². The van der Waals surface area contributed by atoms with Crippen molar-refractivity contribution in [3.05, 3.63) is 329 Å². The summed E-state index contributed by atoms with van der Waals surface area (Å²) >= 11 is 14.1. The van der Waals surface area contributed by atoms with Gasteiger partial charge in [-0.1, -0.05) is 215 Å². The predicted octanol–water partition coefficient (Wildman–Crippen LogP) is 26.0. The molecule has 0 aliphatic rings. The number of nitrogens with zero attached hydrogens (tertiary/aromatic N) is 5. The molecule has 129 heavy (non-hydrogen) atoms. The number of nitrogens with two attached hydrogens (primary N) is 2. The second-order valence-electron chi connectivity index (χ2n) is 32.3. The van der Waals surface area contributed by atoms with E-state index in [4.69, 9.17) is 31.2 Å². The second kappa shape index (κ2) is 34.6. The van der Waals surface area contributed by atoms with Crippen LogP contribution in [0, 0.1) is 20.2 Å².